The highest BCUT2D eigenvalue weighted by Gasteiger charge is 2.50. The lowest BCUT2D eigenvalue weighted by Crippen LogP contribution is -2.47. The van der Waals surface area contributed by atoms with Crippen LogP contribution in [0.5, 0.6) is 23.0 Å². The number of carbonyl (C=O) groups excluding carboxylic acids is 1. The van der Waals surface area contributed by atoms with Gasteiger partial charge in [-0.25, -0.2) is 4.79 Å². The van der Waals surface area contributed by atoms with Crippen molar-refractivity contribution in [3.63, 3.8) is 0 Å². The summed E-state index contributed by atoms with van der Waals surface area (Å²) in [6.07, 6.45) is 0.360. The summed E-state index contributed by atoms with van der Waals surface area (Å²) >= 11 is 0. The number of ether oxygens (including phenoxy) is 6. The Morgan fingerprint density at radius 2 is 1.11 bits per heavy atom. The van der Waals surface area contributed by atoms with E-state index in [0.717, 1.165) is 11.1 Å². The molecule has 0 aromatic heterocycles. The van der Waals surface area contributed by atoms with Gasteiger partial charge in [0.2, 0.25) is 0 Å². The summed E-state index contributed by atoms with van der Waals surface area (Å²) in [5.41, 5.74) is 1.97. The van der Waals surface area contributed by atoms with Crippen molar-refractivity contribution in [3.8, 4) is 23.0 Å². The van der Waals surface area contributed by atoms with Crippen LogP contribution >= 0.6 is 0 Å². The molecule has 0 unspecified atom stereocenters. The fraction of sp³-hybridized carbons (Fsp3) is 0.500. The van der Waals surface area contributed by atoms with Crippen molar-refractivity contribution < 1.29 is 33.2 Å². The first-order valence-electron chi connectivity index (χ1n) is 11.6. The van der Waals surface area contributed by atoms with E-state index in [-0.39, 0.29) is 30.3 Å². The van der Waals surface area contributed by atoms with Gasteiger partial charge in [0.15, 0.2) is 28.8 Å². The Morgan fingerprint density at radius 1 is 0.714 bits per heavy atom. The Kier molecular flexibility index (Phi) is 7.28. The zero-order valence-corrected chi connectivity index (χ0v) is 21.0. The fourth-order valence-electron chi connectivity index (χ4n) is 4.84. The lowest BCUT2D eigenvalue weighted by molar-refractivity contribution is -0.150. The minimum atomic E-state index is -0.787. The molecule has 4 atom stereocenters. The molecule has 2 aliphatic rings. The van der Waals surface area contributed by atoms with Gasteiger partial charge in [-0.1, -0.05) is 12.1 Å². The molecule has 2 fully saturated rings. The molecule has 2 saturated heterocycles. The molecule has 2 aliphatic heterocycles. The maximum Gasteiger partial charge on any atom is 0.315 e. The first-order valence-corrected chi connectivity index (χ1v) is 11.6. The maximum atomic E-state index is 12.9. The fourth-order valence-corrected chi connectivity index (χ4v) is 4.84. The Hall–Kier alpha value is -3.17. The maximum absolute atomic E-state index is 12.9. The molecule has 0 aliphatic carbocycles. The van der Waals surface area contributed by atoms with Crippen LogP contribution in [0.15, 0.2) is 36.4 Å². The first kappa shape index (κ1) is 24.9. The third-order valence-electron chi connectivity index (χ3n) is 6.40. The molecule has 2 N–H and O–H groups in total. The van der Waals surface area contributed by atoms with Gasteiger partial charge in [-0.15, -0.1) is 0 Å². The SMILES string of the molecule is COc1ccc(C[C@H]2NC(=O)N[C@H](Cc3ccc(OC)c(OC)c3)[C@@H]3OC(C)(C)O[C@H]32)cc1OC. The summed E-state index contributed by atoms with van der Waals surface area (Å²) in [6, 6.07) is 10.6. The normalized spacial score (nSPS) is 25.0. The minimum Gasteiger partial charge on any atom is -0.493 e. The number of fused-ring (bicyclic) bond motifs is 1. The average molecular weight is 487 g/mol. The molecule has 9 nitrogen and oxygen atoms in total. The summed E-state index contributed by atoms with van der Waals surface area (Å²) < 4.78 is 34.3. The highest BCUT2D eigenvalue weighted by Crippen LogP contribution is 2.36. The van der Waals surface area contributed by atoms with Crippen LogP contribution in [-0.4, -0.2) is 64.5 Å². The summed E-state index contributed by atoms with van der Waals surface area (Å²) in [7, 11) is 6.40. The van der Waals surface area contributed by atoms with Crippen molar-refractivity contribution in [2.45, 2.75) is 56.8 Å². The van der Waals surface area contributed by atoms with Crippen molar-refractivity contribution in [1.82, 2.24) is 10.6 Å². The van der Waals surface area contributed by atoms with Crippen LogP contribution in [0.3, 0.4) is 0 Å². The molecular formula is C26H34N2O7. The van der Waals surface area contributed by atoms with E-state index in [1.54, 1.807) is 28.4 Å². The Labute approximate surface area is 206 Å². The monoisotopic (exact) mass is 486 g/mol. The largest absolute Gasteiger partial charge is 0.493 e. The predicted octanol–water partition coefficient (Wildman–Crippen LogP) is 3.08. The molecule has 2 aromatic rings. The first-order chi connectivity index (χ1) is 16.8. The predicted molar refractivity (Wildman–Crippen MR) is 130 cm³/mol. The van der Waals surface area contributed by atoms with Crippen molar-refractivity contribution in [2.24, 2.45) is 0 Å². The van der Waals surface area contributed by atoms with E-state index in [1.165, 1.54) is 0 Å². The zero-order chi connectivity index (χ0) is 25.2. The lowest BCUT2D eigenvalue weighted by Gasteiger charge is -2.26. The zero-order valence-electron chi connectivity index (χ0n) is 21.0. The number of nitrogens with one attached hydrogen (secondary N) is 2. The number of carbonyl (C=O) groups is 1. The van der Waals surface area contributed by atoms with Crippen molar-refractivity contribution >= 4 is 6.03 Å². The van der Waals surface area contributed by atoms with E-state index in [1.807, 2.05) is 50.2 Å². The third kappa shape index (κ3) is 5.41. The second-order valence-corrected chi connectivity index (χ2v) is 9.18. The van der Waals surface area contributed by atoms with E-state index in [4.69, 9.17) is 28.4 Å². The number of urea groups is 1. The van der Waals surface area contributed by atoms with Gasteiger partial charge in [0.05, 0.1) is 40.5 Å². The van der Waals surface area contributed by atoms with Gasteiger partial charge in [-0.2, -0.15) is 0 Å². The summed E-state index contributed by atoms with van der Waals surface area (Å²) in [6.45, 7) is 3.79. The van der Waals surface area contributed by atoms with Crippen molar-refractivity contribution in [1.29, 1.82) is 0 Å². The number of hydrogen-bond acceptors (Lipinski definition) is 7. The summed E-state index contributed by atoms with van der Waals surface area (Å²) in [4.78, 5) is 12.9. The third-order valence-corrected chi connectivity index (χ3v) is 6.40. The second kappa shape index (κ2) is 10.2. The standard InChI is InChI=1S/C26H34N2O7/c1-26(2)34-23-17(11-15-7-9-19(30-3)21(13-15)32-5)27-25(29)28-18(24(23)35-26)12-16-8-10-20(31-4)22(14-16)33-6/h7-10,13-14,17-18,23-24H,11-12H2,1-6H3,(H2,27,28,29)/t17-,18-,23+,24+/m1/s1. The van der Waals surface area contributed by atoms with Crippen LogP contribution in [0, 0.1) is 0 Å². The second-order valence-electron chi connectivity index (χ2n) is 9.18. The minimum absolute atomic E-state index is 0.264. The van der Waals surface area contributed by atoms with Crippen LogP contribution < -0.4 is 29.6 Å². The smallest absolute Gasteiger partial charge is 0.315 e. The number of amides is 2. The van der Waals surface area contributed by atoms with Crippen molar-refractivity contribution in [2.75, 3.05) is 28.4 Å². The topological polar surface area (TPSA) is 96.5 Å². The molecule has 9 heteroatoms. The van der Waals surface area contributed by atoms with Crippen LogP contribution in [0.25, 0.3) is 0 Å². The summed E-state index contributed by atoms with van der Waals surface area (Å²) in [5.74, 6) is 1.78. The van der Waals surface area contributed by atoms with Crippen LogP contribution in [0.1, 0.15) is 25.0 Å². The molecular weight excluding hydrogens is 452 g/mol. The Balaban J connectivity index is 1.60. The van der Waals surface area contributed by atoms with Gasteiger partial charge in [0.25, 0.3) is 0 Å². The van der Waals surface area contributed by atoms with Gasteiger partial charge < -0.3 is 39.1 Å². The quantitative estimate of drug-likeness (QED) is 0.592. The molecule has 0 radical (unpaired) electrons. The van der Waals surface area contributed by atoms with Gasteiger partial charge in [-0.3, -0.25) is 0 Å². The number of rotatable bonds is 8. The molecule has 2 heterocycles. The molecule has 2 aromatic carbocycles. The van der Waals surface area contributed by atoms with E-state index in [2.05, 4.69) is 10.6 Å². The molecule has 190 valence electrons. The van der Waals surface area contributed by atoms with E-state index in [9.17, 15) is 4.79 Å². The Morgan fingerprint density at radius 3 is 1.49 bits per heavy atom. The van der Waals surface area contributed by atoms with Gasteiger partial charge in [0.1, 0.15) is 12.2 Å². The molecule has 0 spiro atoms. The van der Waals surface area contributed by atoms with Crippen LogP contribution in [0.2, 0.25) is 0 Å². The Bertz CT molecular complexity index is 978. The van der Waals surface area contributed by atoms with Gasteiger partial charge in [0, 0.05) is 0 Å². The highest BCUT2D eigenvalue weighted by atomic mass is 16.8. The summed E-state index contributed by atoms with van der Waals surface area (Å²) in [5, 5.41) is 6.17. The number of benzene rings is 2. The van der Waals surface area contributed by atoms with Crippen LogP contribution in [0.4, 0.5) is 4.79 Å². The van der Waals surface area contributed by atoms with E-state index < -0.39 is 5.79 Å². The molecule has 4 rings (SSSR count). The molecule has 0 bridgehead atoms. The van der Waals surface area contributed by atoms with Crippen LogP contribution in [-0.2, 0) is 22.3 Å². The molecule has 0 saturated carbocycles. The lowest BCUT2D eigenvalue weighted by atomic mass is 9.92. The van der Waals surface area contributed by atoms with E-state index in [0.29, 0.717) is 35.8 Å². The number of hydrogen-bond donors (Lipinski definition) is 2. The average Bonchev–Trinajstić information content (AvgIpc) is 3.12. The van der Waals surface area contributed by atoms with Gasteiger partial charge >= 0.3 is 6.03 Å². The van der Waals surface area contributed by atoms with Crippen molar-refractivity contribution in [3.05, 3.63) is 47.5 Å². The van der Waals surface area contributed by atoms with Gasteiger partial charge in [-0.05, 0) is 62.1 Å². The van der Waals surface area contributed by atoms with E-state index >= 15 is 0 Å². The highest BCUT2D eigenvalue weighted by molar-refractivity contribution is 5.75. The number of methoxy groups -OCH3 is 4. The molecule has 2 amide bonds. The molecule has 35 heavy (non-hydrogen) atoms.